The fraction of sp³-hybridized carbons (Fsp3) is 0.704. The van der Waals surface area contributed by atoms with E-state index in [1.165, 1.54) is 62.2 Å². The van der Waals surface area contributed by atoms with Gasteiger partial charge in [0.05, 0.1) is 143 Å². The number of halogens is 1. The number of ether oxygens (including phenoxy) is 15. The van der Waals surface area contributed by atoms with E-state index in [1.54, 1.807) is 45.6 Å². The molecule has 4 heterocycles. The molecule has 4 aliphatic heterocycles. The highest BCUT2D eigenvalue weighted by atomic mass is 127. The van der Waals surface area contributed by atoms with Crippen LogP contribution in [-0.2, 0) is 76.1 Å². The van der Waals surface area contributed by atoms with E-state index in [-0.39, 0.29) is 103 Å². The summed E-state index contributed by atoms with van der Waals surface area (Å²) in [7, 11) is 9.53. The van der Waals surface area contributed by atoms with Gasteiger partial charge >= 0.3 is 6.09 Å². The first kappa shape index (κ1) is 88.9. The van der Waals surface area contributed by atoms with Crippen LogP contribution in [0.25, 0.3) is 0 Å². The fourth-order valence-corrected chi connectivity index (χ4v) is 16.9. The van der Waals surface area contributed by atoms with E-state index >= 15 is 0 Å². The lowest BCUT2D eigenvalue weighted by Gasteiger charge is -2.47. The van der Waals surface area contributed by atoms with E-state index in [0.29, 0.717) is 67.9 Å². The normalized spacial score (nSPS) is 31.0. The summed E-state index contributed by atoms with van der Waals surface area (Å²) in [5.74, 6) is 10.8. The first-order valence-electron chi connectivity index (χ1n) is 34.9. The number of hydroxylamine groups is 1. The second kappa shape index (κ2) is 42.9. The number of carbonyl (C=O) groups excluding carboxylic acids is 5. The molecule has 0 saturated carbocycles. The van der Waals surface area contributed by atoms with Crippen LogP contribution in [0.4, 0.5) is 4.79 Å². The molecular formula is C71H103IN4O27S3. The quantitative estimate of drug-likeness (QED) is 0.0151. The first-order valence-corrected chi connectivity index (χ1v) is 39.2. The maximum Gasteiger partial charge on any atom is 0.411 e. The topological polar surface area (TPSA) is 408 Å². The summed E-state index contributed by atoms with van der Waals surface area (Å²) < 4.78 is 89.0. The van der Waals surface area contributed by atoms with Crippen molar-refractivity contribution in [3.63, 3.8) is 0 Å². The third kappa shape index (κ3) is 23.4. The number of alkyl carbamates (subject to hydrolysis) is 1. The molecular weight excluding hydrogens is 1560 g/mol. The number of likely N-dealkylation sites (N-methyl/N-ethyl adjacent to an activating group) is 1. The molecule has 31 nitrogen and oxygen atoms in total. The summed E-state index contributed by atoms with van der Waals surface area (Å²) in [5, 5.41) is 69.0. The molecule has 2 aliphatic carbocycles. The second-order valence-corrected chi connectivity index (χ2v) is 31.4. The second-order valence-electron chi connectivity index (χ2n) is 26.2. The van der Waals surface area contributed by atoms with Gasteiger partial charge in [-0.05, 0) is 102 Å². The Morgan fingerprint density at radius 3 is 2.17 bits per heavy atom. The van der Waals surface area contributed by atoms with Gasteiger partial charge in [0.1, 0.15) is 42.4 Å². The lowest BCUT2D eigenvalue weighted by molar-refractivity contribution is -0.337. The largest absolute Gasteiger partial charge is 0.492 e. The predicted molar refractivity (Wildman–Crippen MR) is 396 cm³/mol. The van der Waals surface area contributed by atoms with E-state index in [9.17, 15) is 49.5 Å². The number of nitrogens with two attached hydrogens (primary N) is 1. The van der Waals surface area contributed by atoms with E-state index < -0.39 is 143 Å². The summed E-state index contributed by atoms with van der Waals surface area (Å²) in [4.78, 5) is 76.1. The summed E-state index contributed by atoms with van der Waals surface area (Å²) in [6.07, 6.45) is -14.0. The van der Waals surface area contributed by atoms with Crippen molar-refractivity contribution in [2.75, 3.05) is 107 Å². The molecule has 0 spiro atoms. The molecule has 1 aromatic rings. The van der Waals surface area contributed by atoms with Crippen LogP contribution < -0.4 is 30.7 Å². The summed E-state index contributed by atoms with van der Waals surface area (Å²) >= 11 is 2.78. The highest BCUT2D eigenvalue weighted by Gasteiger charge is 2.53. The number of fused-ring (bicyclic) bond motifs is 2. The molecule has 594 valence electrons. The molecule has 2 bridgehead atoms. The van der Waals surface area contributed by atoms with Gasteiger partial charge in [0.2, 0.25) is 23.1 Å². The van der Waals surface area contributed by atoms with Crippen LogP contribution in [0.2, 0.25) is 0 Å². The number of methoxy groups -OCH3 is 5. The number of rotatable bonds is 38. The van der Waals surface area contributed by atoms with Gasteiger partial charge in [0, 0.05) is 74.7 Å². The number of thioether (sulfide) groups is 1. The number of hydrogen-bond donors (Lipinski definition) is 9. The lowest BCUT2D eigenvalue weighted by Crippen LogP contribution is -2.65. The van der Waals surface area contributed by atoms with Crippen molar-refractivity contribution < 1.29 is 131 Å². The molecule has 2 amide bonds. The highest BCUT2D eigenvalue weighted by molar-refractivity contribution is 14.1. The van der Waals surface area contributed by atoms with Crippen molar-refractivity contribution in [2.24, 2.45) is 5.73 Å². The summed E-state index contributed by atoms with van der Waals surface area (Å²) in [6, 6.07) is -1.79. The van der Waals surface area contributed by atoms with Crippen molar-refractivity contribution in [2.45, 2.75) is 213 Å². The van der Waals surface area contributed by atoms with Crippen molar-refractivity contribution in [3.8, 4) is 40.9 Å². The van der Waals surface area contributed by atoms with E-state index in [4.69, 9.17) is 86.7 Å². The van der Waals surface area contributed by atoms with Gasteiger partial charge in [-0.15, -0.1) is 0 Å². The zero-order valence-electron chi connectivity index (χ0n) is 61.7. The standard InChI is InChI=1S/C71H103IN4O27S3/c1-13-76(49(81)36-73)44-37-96-50(34-48(44)88-8)101-63-58(83)55(75-103-51-33-45(79)65(41(5)97-51)105-66(85)52-38(2)54(72)61(64(91-11)60(52)89-9)102-67-59(84)62(90-10)57(82)40(4)99-67)39(3)98-68(63)100-47-20-16-14-15-17-23-71(87)35-46(80)56(74-69(86)92-12)53(47)43(71)22-32-104-106-70(6,7)24-21-42(78)19-18-26-93-28-30-95-31-29-94-27-25-77/h14-15,22,39-41,44-45,47-48,50-51,55,57-59,62-63,65,67-68,75,77,79,82-84,87H,13,18-19,21,24-37,73H2,1-12H3,(H,74,86)/b15-14-,43-22+/t39?,40?,41?,44?,45?,47-,48?,50?,51?,55?,57?,58?,59?,62?,63?,65?,67?,68?,71-/m0/s1. The van der Waals surface area contributed by atoms with Crippen LogP contribution in [0.3, 0.4) is 0 Å². The number of hydrogen-bond acceptors (Lipinski definition) is 32. The number of ketones is 2. The minimum atomic E-state index is -2.19. The summed E-state index contributed by atoms with van der Waals surface area (Å²) in [5.41, 5.74) is 6.63. The number of Topliss-reactive ketones (excluding diaryl/α,β-unsaturated/α-hetero) is 2. The Kier molecular flexibility index (Phi) is 36.0. The molecule has 0 aromatic heterocycles. The molecule has 4 fully saturated rings. The predicted octanol–water partition coefficient (Wildman–Crippen LogP) is 3.07. The van der Waals surface area contributed by atoms with Crippen molar-refractivity contribution in [3.05, 3.63) is 49.8 Å². The molecule has 6 aliphatic rings. The maximum atomic E-state index is 14.6. The van der Waals surface area contributed by atoms with Crippen molar-refractivity contribution in [1.29, 1.82) is 0 Å². The zero-order chi connectivity index (χ0) is 77.6. The third-order valence-corrected chi connectivity index (χ3v) is 24.3. The Morgan fingerprint density at radius 2 is 1.52 bits per heavy atom. The summed E-state index contributed by atoms with van der Waals surface area (Å²) in [6.45, 7) is 14.3. The van der Waals surface area contributed by atoms with Gasteiger partial charge in [-0.25, -0.2) is 4.79 Å². The van der Waals surface area contributed by atoms with E-state index in [0.717, 1.165) is 18.9 Å². The van der Waals surface area contributed by atoms with Gasteiger partial charge in [-0.2, -0.15) is 5.48 Å². The number of benzene rings is 1. The molecule has 7 rings (SSSR count). The minimum Gasteiger partial charge on any atom is -0.492 e. The van der Waals surface area contributed by atoms with Crippen LogP contribution in [0.1, 0.15) is 102 Å². The number of nitrogens with one attached hydrogen (secondary N) is 2. The van der Waals surface area contributed by atoms with Crippen LogP contribution in [0, 0.1) is 34.2 Å². The Bertz CT molecular complexity index is 3340. The van der Waals surface area contributed by atoms with E-state index in [1.807, 2.05) is 36.4 Å². The molecule has 10 N–H and O–H groups in total. The minimum absolute atomic E-state index is 0.00126. The highest BCUT2D eigenvalue weighted by Crippen LogP contribution is 2.49. The van der Waals surface area contributed by atoms with Gasteiger partial charge in [-0.3, -0.25) is 29.3 Å². The monoisotopic (exact) mass is 1670 g/mol. The Morgan fingerprint density at radius 1 is 0.830 bits per heavy atom. The van der Waals surface area contributed by atoms with Crippen molar-refractivity contribution >= 4 is 84.6 Å². The number of allylic oxidation sites excluding steroid dienone is 3. The molecule has 4 saturated heterocycles. The van der Waals surface area contributed by atoms with Gasteiger partial charge in [-0.1, -0.05) is 63.1 Å². The SMILES string of the molecule is CCN(C(=O)CN)C1COC(OC2C(O[C@H]3C#C/C=C\C#C[C@]4(O)CC(=O)C(NC(=O)OC)=C3/C4=C\CSSC(C)(C)CCC(=O)CCCOCCOCCOCCO)OC(C)C(NOC3CC(O)C(SC(=O)c4c(C)c(I)c(OC5OC(C)C(O)C(OC)C5O)c(OC)c4OC)C(C)O3)C2O)CC1OC. The average molecular weight is 1670 g/mol. The van der Waals surface area contributed by atoms with Crippen molar-refractivity contribution in [1.82, 2.24) is 15.7 Å². The Hall–Kier alpha value is -4.31. The number of nitrogens with zero attached hydrogens (tertiary/aromatic N) is 1. The molecule has 1 aromatic carbocycles. The molecule has 17 unspecified atom stereocenters. The molecule has 35 heteroatoms. The molecule has 0 radical (unpaired) electrons. The Labute approximate surface area is 644 Å². The zero-order valence-corrected chi connectivity index (χ0v) is 66.3. The number of carbonyl (C=O) groups is 5. The maximum absolute atomic E-state index is 14.6. The van der Waals surface area contributed by atoms with Crippen LogP contribution in [-0.4, -0.2) is 291 Å². The lowest BCUT2D eigenvalue weighted by atomic mass is 9.75. The van der Waals surface area contributed by atoms with Crippen LogP contribution in [0.5, 0.6) is 17.2 Å². The number of aliphatic hydroxyl groups excluding tert-OH is 5. The smallest absolute Gasteiger partial charge is 0.411 e. The van der Waals surface area contributed by atoms with E-state index in [2.05, 4.69) is 34.5 Å². The average Bonchev–Trinajstić information content (AvgIpc) is 0.757. The molecule has 19 atom stereocenters. The van der Waals surface area contributed by atoms with Gasteiger partial charge in [0.15, 0.2) is 41.8 Å². The van der Waals surface area contributed by atoms with Crippen LogP contribution in [0.15, 0.2) is 35.1 Å². The Balaban J connectivity index is 1.10. The van der Waals surface area contributed by atoms with Gasteiger partial charge in [0.25, 0.3) is 0 Å². The van der Waals surface area contributed by atoms with Gasteiger partial charge < -0.3 is 112 Å². The number of aliphatic hydroxyl groups is 6. The van der Waals surface area contributed by atoms with Crippen LogP contribution >= 0.6 is 55.9 Å². The third-order valence-electron chi connectivity index (χ3n) is 18.4. The first-order chi connectivity index (χ1) is 50.6. The number of amides is 2. The fourth-order valence-electron chi connectivity index (χ4n) is 12.7. The molecule has 106 heavy (non-hydrogen) atoms.